The monoisotopic (exact) mass is 267 g/mol. The maximum Gasteiger partial charge on any atom is 0.148 e. The second kappa shape index (κ2) is 6.61. The number of rotatable bonds is 6. The molecule has 1 fully saturated rings. The minimum Gasteiger partial charge on any atom is -0.495 e. The fourth-order valence-corrected chi connectivity index (χ4v) is 2.41. The normalized spacial score (nSPS) is 15.7. The van der Waals surface area contributed by atoms with E-state index >= 15 is 0 Å². The molecule has 3 N–H and O–H groups in total. The summed E-state index contributed by atoms with van der Waals surface area (Å²) in [5.41, 5.74) is 6.41. The number of ether oxygens (including phenoxy) is 1. The molecule has 0 saturated carbocycles. The molecule has 0 aromatic heterocycles. The highest BCUT2D eigenvalue weighted by Crippen LogP contribution is 2.28. The molecule has 5 heteroatoms. The Balaban J connectivity index is 1.81. The SMILES string of the molecule is COc1cc(NCCCN2CCCC2)c(F)cc1N. The number of anilines is 2. The lowest BCUT2D eigenvalue weighted by molar-refractivity contribution is 0.337. The summed E-state index contributed by atoms with van der Waals surface area (Å²) in [5, 5.41) is 3.10. The van der Waals surface area contributed by atoms with E-state index in [0.29, 0.717) is 17.1 Å². The second-order valence-corrected chi connectivity index (χ2v) is 4.90. The molecule has 106 valence electrons. The lowest BCUT2D eigenvalue weighted by atomic mass is 10.2. The van der Waals surface area contributed by atoms with Gasteiger partial charge in [-0.3, -0.25) is 0 Å². The average molecular weight is 267 g/mol. The third-order valence-corrected chi connectivity index (χ3v) is 3.48. The van der Waals surface area contributed by atoms with Crippen molar-refractivity contribution in [1.29, 1.82) is 0 Å². The van der Waals surface area contributed by atoms with Gasteiger partial charge in [0.1, 0.15) is 11.6 Å². The highest BCUT2D eigenvalue weighted by Gasteiger charge is 2.11. The number of methoxy groups -OCH3 is 1. The Kier molecular flexibility index (Phi) is 4.85. The molecule has 0 bridgehead atoms. The lowest BCUT2D eigenvalue weighted by Crippen LogP contribution is -2.22. The van der Waals surface area contributed by atoms with Crippen molar-refractivity contribution in [1.82, 2.24) is 4.90 Å². The fraction of sp³-hybridized carbons (Fsp3) is 0.571. The second-order valence-electron chi connectivity index (χ2n) is 4.90. The van der Waals surface area contributed by atoms with Crippen molar-refractivity contribution >= 4 is 11.4 Å². The van der Waals surface area contributed by atoms with Crippen LogP contribution < -0.4 is 15.8 Å². The molecule has 1 aromatic carbocycles. The molecule has 1 heterocycles. The van der Waals surface area contributed by atoms with Crippen LogP contribution in [0.4, 0.5) is 15.8 Å². The first-order valence-electron chi connectivity index (χ1n) is 6.80. The largest absolute Gasteiger partial charge is 0.495 e. The van der Waals surface area contributed by atoms with Crippen LogP contribution in [0.5, 0.6) is 5.75 Å². The van der Waals surface area contributed by atoms with Crippen LogP contribution in [-0.4, -0.2) is 38.2 Å². The summed E-state index contributed by atoms with van der Waals surface area (Å²) in [6.07, 6.45) is 3.61. The summed E-state index contributed by atoms with van der Waals surface area (Å²) in [7, 11) is 1.53. The van der Waals surface area contributed by atoms with E-state index in [4.69, 9.17) is 10.5 Å². The fourth-order valence-electron chi connectivity index (χ4n) is 2.41. The molecule has 0 amide bonds. The van der Waals surface area contributed by atoms with Crippen LogP contribution in [0.15, 0.2) is 12.1 Å². The summed E-state index contributed by atoms with van der Waals surface area (Å²) in [5.74, 6) is 0.169. The molecule has 19 heavy (non-hydrogen) atoms. The van der Waals surface area contributed by atoms with Gasteiger partial charge in [0.25, 0.3) is 0 Å². The van der Waals surface area contributed by atoms with Gasteiger partial charge in [-0.15, -0.1) is 0 Å². The van der Waals surface area contributed by atoms with Crippen molar-refractivity contribution in [3.8, 4) is 5.75 Å². The Labute approximate surface area is 113 Å². The predicted molar refractivity (Wildman–Crippen MR) is 76.1 cm³/mol. The van der Waals surface area contributed by atoms with Gasteiger partial charge in [-0.2, -0.15) is 0 Å². The summed E-state index contributed by atoms with van der Waals surface area (Å²) in [6, 6.07) is 2.90. The van der Waals surface area contributed by atoms with Gasteiger partial charge in [0.15, 0.2) is 0 Å². The van der Waals surface area contributed by atoms with Crippen molar-refractivity contribution in [3.05, 3.63) is 17.9 Å². The third-order valence-electron chi connectivity index (χ3n) is 3.48. The molecular formula is C14H22FN3O. The highest BCUT2D eigenvalue weighted by molar-refractivity contribution is 5.62. The van der Waals surface area contributed by atoms with Crippen LogP contribution >= 0.6 is 0 Å². The molecule has 0 radical (unpaired) electrons. The van der Waals surface area contributed by atoms with E-state index < -0.39 is 0 Å². The maximum absolute atomic E-state index is 13.7. The van der Waals surface area contributed by atoms with Crippen molar-refractivity contribution in [3.63, 3.8) is 0 Å². The van der Waals surface area contributed by atoms with Crippen LogP contribution in [0.1, 0.15) is 19.3 Å². The van der Waals surface area contributed by atoms with E-state index in [0.717, 1.165) is 19.5 Å². The minimum absolute atomic E-state index is 0.322. The number of hydrogen-bond acceptors (Lipinski definition) is 4. The molecule has 2 rings (SSSR count). The molecular weight excluding hydrogens is 245 g/mol. The molecule has 1 aliphatic heterocycles. The lowest BCUT2D eigenvalue weighted by Gasteiger charge is -2.15. The van der Waals surface area contributed by atoms with E-state index in [1.54, 1.807) is 6.07 Å². The van der Waals surface area contributed by atoms with Gasteiger partial charge < -0.3 is 20.7 Å². The molecule has 0 atom stereocenters. The number of nitrogens with zero attached hydrogens (tertiary/aromatic N) is 1. The van der Waals surface area contributed by atoms with Gasteiger partial charge in [-0.1, -0.05) is 0 Å². The summed E-state index contributed by atoms with van der Waals surface area (Å²) < 4.78 is 18.8. The summed E-state index contributed by atoms with van der Waals surface area (Å²) >= 11 is 0. The van der Waals surface area contributed by atoms with E-state index in [9.17, 15) is 4.39 Å². The van der Waals surface area contributed by atoms with Crippen LogP contribution in [0.2, 0.25) is 0 Å². The Bertz CT molecular complexity index is 419. The Morgan fingerprint density at radius 3 is 2.79 bits per heavy atom. The van der Waals surface area contributed by atoms with E-state index in [2.05, 4.69) is 10.2 Å². The highest BCUT2D eigenvalue weighted by atomic mass is 19.1. The zero-order valence-corrected chi connectivity index (χ0v) is 11.4. The number of halogens is 1. The molecule has 0 unspecified atom stereocenters. The molecule has 0 aliphatic carbocycles. The van der Waals surface area contributed by atoms with Crippen LogP contribution in [0.3, 0.4) is 0 Å². The van der Waals surface area contributed by atoms with E-state index in [-0.39, 0.29) is 5.82 Å². The first-order valence-corrected chi connectivity index (χ1v) is 6.80. The smallest absolute Gasteiger partial charge is 0.148 e. The summed E-state index contributed by atoms with van der Waals surface area (Å²) in [6.45, 7) is 4.22. The maximum atomic E-state index is 13.7. The third kappa shape index (κ3) is 3.73. The molecule has 1 aromatic rings. The van der Waals surface area contributed by atoms with Crippen molar-refractivity contribution < 1.29 is 9.13 Å². The number of nitrogens with one attached hydrogen (secondary N) is 1. The average Bonchev–Trinajstić information content (AvgIpc) is 2.90. The van der Waals surface area contributed by atoms with Crippen LogP contribution in [-0.2, 0) is 0 Å². The van der Waals surface area contributed by atoms with Gasteiger partial charge in [-0.05, 0) is 38.9 Å². The van der Waals surface area contributed by atoms with E-state index in [1.165, 1.54) is 39.1 Å². The predicted octanol–water partition coefficient (Wildman–Crippen LogP) is 2.31. The van der Waals surface area contributed by atoms with Gasteiger partial charge in [0.05, 0.1) is 18.5 Å². The first kappa shape index (κ1) is 13.9. The molecule has 1 saturated heterocycles. The van der Waals surface area contributed by atoms with Crippen molar-refractivity contribution in [2.45, 2.75) is 19.3 Å². The minimum atomic E-state index is -0.334. The zero-order valence-electron chi connectivity index (χ0n) is 11.4. The number of nitrogen functional groups attached to an aromatic ring is 1. The van der Waals surface area contributed by atoms with Gasteiger partial charge >= 0.3 is 0 Å². The quantitative estimate of drug-likeness (QED) is 0.613. The topological polar surface area (TPSA) is 50.5 Å². The number of likely N-dealkylation sites (tertiary alicyclic amines) is 1. The van der Waals surface area contributed by atoms with Gasteiger partial charge in [0, 0.05) is 18.7 Å². The van der Waals surface area contributed by atoms with Gasteiger partial charge in [-0.25, -0.2) is 4.39 Å². The standard InChI is InChI=1S/C14H22FN3O/c1-19-14-10-13(11(15)9-12(14)16)17-5-4-8-18-6-2-3-7-18/h9-10,17H,2-8,16H2,1H3. The van der Waals surface area contributed by atoms with E-state index in [1.807, 2.05) is 0 Å². The molecule has 1 aliphatic rings. The van der Waals surface area contributed by atoms with Gasteiger partial charge in [0.2, 0.25) is 0 Å². The Hall–Kier alpha value is -1.49. The van der Waals surface area contributed by atoms with Crippen LogP contribution in [0.25, 0.3) is 0 Å². The Morgan fingerprint density at radius 1 is 1.37 bits per heavy atom. The molecule has 0 spiro atoms. The van der Waals surface area contributed by atoms with Crippen molar-refractivity contribution in [2.24, 2.45) is 0 Å². The number of benzene rings is 1. The molecule has 4 nitrogen and oxygen atoms in total. The van der Waals surface area contributed by atoms with Crippen LogP contribution in [0, 0.1) is 5.82 Å². The number of hydrogen-bond donors (Lipinski definition) is 2. The van der Waals surface area contributed by atoms with Crippen molar-refractivity contribution in [2.75, 3.05) is 44.3 Å². The zero-order chi connectivity index (χ0) is 13.7. The first-order chi connectivity index (χ1) is 9.20. The Morgan fingerprint density at radius 2 is 2.11 bits per heavy atom. The number of nitrogens with two attached hydrogens (primary N) is 1. The summed E-state index contributed by atoms with van der Waals surface area (Å²) in [4.78, 5) is 2.45.